The van der Waals surface area contributed by atoms with E-state index in [0.717, 1.165) is 18.8 Å². The molecule has 0 saturated carbocycles. The van der Waals surface area contributed by atoms with E-state index in [0.29, 0.717) is 5.92 Å². The molecule has 0 aromatic heterocycles. The number of hydrogen-bond acceptors (Lipinski definition) is 1. The monoisotopic (exact) mass is 368 g/mol. The zero-order chi connectivity index (χ0) is 19.6. The van der Waals surface area contributed by atoms with Crippen molar-refractivity contribution >= 4 is 10.8 Å². The van der Waals surface area contributed by atoms with E-state index in [1.807, 2.05) is 25.1 Å². The molecule has 1 atom stereocenters. The van der Waals surface area contributed by atoms with Crippen LogP contribution in [-0.4, -0.2) is 6.61 Å². The number of fused-ring (bicyclic) bond motifs is 1. The summed E-state index contributed by atoms with van der Waals surface area (Å²) < 4.78 is 5.41. The maximum Gasteiger partial charge on any atom is 0.119 e. The molecule has 0 aliphatic heterocycles. The quantitative estimate of drug-likeness (QED) is 0.360. The van der Waals surface area contributed by atoms with Gasteiger partial charge in [0.15, 0.2) is 0 Å². The van der Waals surface area contributed by atoms with Crippen molar-refractivity contribution in [1.29, 1.82) is 0 Å². The van der Waals surface area contributed by atoms with Gasteiger partial charge in [0.05, 0.1) is 6.61 Å². The Kier molecular flexibility index (Phi) is 7.26. The van der Waals surface area contributed by atoms with Crippen LogP contribution in [-0.2, 0) is 6.42 Å². The summed E-state index contributed by atoms with van der Waals surface area (Å²) in [5, 5.41) is 2.49. The topological polar surface area (TPSA) is 9.23 Å². The van der Waals surface area contributed by atoms with Crippen LogP contribution in [0.3, 0.4) is 0 Å². The summed E-state index contributed by atoms with van der Waals surface area (Å²) in [5.74, 6) is 1.54. The van der Waals surface area contributed by atoms with Gasteiger partial charge in [-0.1, -0.05) is 97.9 Å². The Morgan fingerprint density at radius 2 is 1.29 bits per heavy atom. The minimum atomic E-state index is 0.591. The average Bonchev–Trinajstić information content (AvgIpc) is 2.76. The van der Waals surface area contributed by atoms with Crippen LogP contribution in [0.25, 0.3) is 10.8 Å². The molecule has 0 saturated heterocycles. The van der Waals surface area contributed by atoms with Gasteiger partial charge in [0.1, 0.15) is 5.75 Å². The first-order valence-corrected chi connectivity index (χ1v) is 9.96. The second-order valence-corrected chi connectivity index (χ2v) is 6.94. The molecular formula is C27H28O. The molecule has 1 unspecified atom stereocenters. The van der Waals surface area contributed by atoms with Gasteiger partial charge in [0.2, 0.25) is 0 Å². The van der Waals surface area contributed by atoms with Crippen molar-refractivity contribution < 1.29 is 4.74 Å². The van der Waals surface area contributed by atoms with E-state index < -0.39 is 0 Å². The number of rotatable bonds is 5. The molecule has 4 aromatic rings. The van der Waals surface area contributed by atoms with Crippen LogP contribution < -0.4 is 4.74 Å². The van der Waals surface area contributed by atoms with E-state index in [1.54, 1.807) is 0 Å². The Bertz CT molecular complexity index is 961. The van der Waals surface area contributed by atoms with Gasteiger partial charge in [0.25, 0.3) is 0 Å². The highest BCUT2D eigenvalue weighted by atomic mass is 16.5. The van der Waals surface area contributed by atoms with Crippen LogP contribution >= 0.6 is 0 Å². The number of ether oxygens (including phenoxy) is 1. The van der Waals surface area contributed by atoms with Gasteiger partial charge in [-0.2, -0.15) is 0 Å². The van der Waals surface area contributed by atoms with E-state index in [4.69, 9.17) is 4.74 Å². The Hall–Kier alpha value is -3.06. The highest BCUT2D eigenvalue weighted by Crippen LogP contribution is 2.20. The van der Waals surface area contributed by atoms with Gasteiger partial charge in [-0.25, -0.2) is 0 Å². The fourth-order valence-electron chi connectivity index (χ4n) is 3.29. The van der Waals surface area contributed by atoms with Gasteiger partial charge in [0, 0.05) is 0 Å². The standard InChI is InChI=1S/C15H16.C12H12O/c1-13(15-10-6-3-7-11-15)12-14-8-4-2-5-9-14;1-2-13-12-8-7-10-5-3-4-6-11(10)9-12/h2-11,13H,12H2,1H3;3-9H,2H2,1H3. The van der Waals surface area contributed by atoms with Crippen LogP contribution in [0.2, 0.25) is 0 Å². The molecule has 142 valence electrons. The number of hydrogen-bond donors (Lipinski definition) is 0. The molecule has 0 amide bonds. The normalized spacial score (nSPS) is 11.4. The summed E-state index contributed by atoms with van der Waals surface area (Å²) in [4.78, 5) is 0. The molecule has 0 aliphatic rings. The van der Waals surface area contributed by atoms with Crippen molar-refractivity contribution in [2.45, 2.75) is 26.2 Å². The van der Waals surface area contributed by atoms with Gasteiger partial charge >= 0.3 is 0 Å². The summed E-state index contributed by atoms with van der Waals surface area (Å²) in [6.45, 7) is 5.00. The second-order valence-electron chi connectivity index (χ2n) is 6.94. The summed E-state index contributed by atoms with van der Waals surface area (Å²) in [5.41, 5.74) is 2.83. The molecule has 1 nitrogen and oxygen atoms in total. The summed E-state index contributed by atoms with van der Waals surface area (Å²) in [6, 6.07) is 35.8. The Morgan fingerprint density at radius 3 is 1.96 bits per heavy atom. The van der Waals surface area contributed by atoms with Crippen molar-refractivity contribution in [3.8, 4) is 5.75 Å². The summed E-state index contributed by atoms with van der Waals surface area (Å²) >= 11 is 0. The molecular weight excluding hydrogens is 340 g/mol. The fraction of sp³-hybridized carbons (Fsp3) is 0.185. The minimum absolute atomic E-state index is 0.591. The predicted molar refractivity (Wildman–Crippen MR) is 120 cm³/mol. The van der Waals surface area contributed by atoms with E-state index in [9.17, 15) is 0 Å². The van der Waals surface area contributed by atoms with Crippen LogP contribution in [0.4, 0.5) is 0 Å². The summed E-state index contributed by atoms with van der Waals surface area (Å²) in [7, 11) is 0. The zero-order valence-electron chi connectivity index (χ0n) is 16.7. The van der Waals surface area contributed by atoms with Crippen molar-refractivity contribution in [2.75, 3.05) is 6.61 Å². The minimum Gasteiger partial charge on any atom is -0.494 e. The van der Waals surface area contributed by atoms with Crippen molar-refractivity contribution in [2.24, 2.45) is 0 Å². The average molecular weight is 369 g/mol. The Balaban J connectivity index is 0.000000162. The predicted octanol–water partition coefficient (Wildman–Crippen LogP) is 7.27. The first-order chi connectivity index (χ1) is 13.8. The second kappa shape index (κ2) is 10.3. The highest BCUT2D eigenvalue weighted by molar-refractivity contribution is 5.83. The van der Waals surface area contributed by atoms with Crippen LogP contribution in [0.5, 0.6) is 5.75 Å². The third-order valence-electron chi connectivity index (χ3n) is 4.79. The van der Waals surface area contributed by atoms with E-state index in [1.165, 1.54) is 21.9 Å². The maximum absolute atomic E-state index is 5.41. The lowest BCUT2D eigenvalue weighted by Gasteiger charge is -2.11. The first kappa shape index (κ1) is 19.7. The third-order valence-corrected chi connectivity index (χ3v) is 4.79. The lowest BCUT2D eigenvalue weighted by Crippen LogP contribution is -1.97. The molecule has 0 aliphatic carbocycles. The van der Waals surface area contributed by atoms with Gasteiger partial charge in [-0.15, -0.1) is 0 Å². The lowest BCUT2D eigenvalue weighted by molar-refractivity contribution is 0.341. The van der Waals surface area contributed by atoms with Crippen LogP contribution in [0.1, 0.15) is 30.9 Å². The third kappa shape index (κ3) is 5.72. The van der Waals surface area contributed by atoms with Gasteiger partial charge < -0.3 is 4.74 Å². The molecule has 4 rings (SSSR count). The van der Waals surface area contributed by atoms with E-state index in [2.05, 4.69) is 91.9 Å². The van der Waals surface area contributed by atoms with Crippen LogP contribution in [0, 0.1) is 0 Å². The Labute approximate surface area is 168 Å². The van der Waals surface area contributed by atoms with Gasteiger partial charge in [-0.3, -0.25) is 0 Å². The highest BCUT2D eigenvalue weighted by Gasteiger charge is 2.05. The molecule has 28 heavy (non-hydrogen) atoms. The van der Waals surface area contributed by atoms with Crippen molar-refractivity contribution in [3.63, 3.8) is 0 Å². The molecule has 0 bridgehead atoms. The van der Waals surface area contributed by atoms with E-state index in [-0.39, 0.29) is 0 Å². The molecule has 0 heterocycles. The Morgan fingerprint density at radius 1 is 0.679 bits per heavy atom. The maximum atomic E-state index is 5.41. The SMILES string of the molecule is CC(Cc1ccccc1)c1ccccc1.CCOc1ccc2ccccc2c1. The molecule has 0 fully saturated rings. The zero-order valence-corrected chi connectivity index (χ0v) is 16.7. The van der Waals surface area contributed by atoms with Crippen molar-refractivity contribution in [1.82, 2.24) is 0 Å². The van der Waals surface area contributed by atoms with E-state index >= 15 is 0 Å². The fourth-order valence-corrected chi connectivity index (χ4v) is 3.29. The van der Waals surface area contributed by atoms with Gasteiger partial charge in [-0.05, 0) is 53.3 Å². The van der Waals surface area contributed by atoms with Crippen molar-refractivity contribution in [3.05, 3.63) is 114 Å². The molecule has 0 N–H and O–H groups in total. The first-order valence-electron chi connectivity index (χ1n) is 9.96. The molecule has 0 spiro atoms. The largest absolute Gasteiger partial charge is 0.494 e. The smallest absolute Gasteiger partial charge is 0.119 e. The number of benzene rings is 4. The molecule has 1 heteroatoms. The van der Waals surface area contributed by atoms with Crippen LogP contribution in [0.15, 0.2) is 103 Å². The lowest BCUT2D eigenvalue weighted by atomic mass is 9.94. The molecule has 4 aromatic carbocycles. The molecule has 0 radical (unpaired) electrons. The summed E-state index contributed by atoms with van der Waals surface area (Å²) in [6.07, 6.45) is 1.12.